The van der Waals surface area contributed by atoms with Crippen molar-refractivity contribution in [2.45, 2.75) is 5.56 Å². The zero-order valence-electron chi connectivity index (χ0n) is 8.39. The fraction of sp³-hybridized carbons (Fsp3) is 0.0833. The van der Waals surface area contributed by atoms with E-state index in [1.807, 2.05) is 30.3 Å². The summed E-state index contributed by atoms with van der Waals surface area (Å²) in [4.78, 5) is 13.5. The molecular weight excluding hydrogens is 226 g/mol. The maximum Gasteiger partial charge on any atom is 0.251 e. The average molecular weight is 236 g/mol. The molecule has 2 rings (SSSR count). The highest BCUT2D eigenvalue weighted by Crippen LogP contribution is 2.23. The summed E-state index contributed by atoms with van der Waals surface area (Å²) >= 11 is 6.06. The molecule has 0 aliphatic carbocycles. The molecule has 4 heteroatoms. The van der Waals surface area contributed by atoms with Crippen LogP contribution in [0.5, 0.6) is 5.75 Å². The van der Waals surface area contributed by atoms with Crippen molar-refractivity contribution in [1.82, 2.24) is 4.98 Å². The first-order chi connectivity index (χ1) is 7.75. The number of halogens is 1. The Labute approximate surface area is 97.7 Å². The Balaban J connectivity index is 2.14. The third-order valence-electron chi connectivity index (χ3n) is 2.05. The van der Waals surface area contributed by atoms with Gasteiger partial charge in [0.15, 0.2) is 5.56 Å². The molecule has 1 heterocycles. The fourth-order valence-electron chi connectivity index (χ4n) is 1.29. The molecule has 0 bridgehead atoms. The second kappa shape index (κ2) is 4.86. The third-order valence-corrected chi connectivity index (χ3v) is 2.39. The Morgan fingerprint density at radius 3 is 2.62 bits per heavy atom. The molecule has 0 spiro atoms. The summed E-state index contributed by atoms with van der Waals surface area (Å²) in [6, 6.07) is 12.4. The van der Waals surface area contributed by atoms with Gasteiger partial charge in [-0.2, -0.15) is 0 Å². The van der Waals surface area contributed by atoms with Crippen LogP contribution in [0.2, 0.25) is 0 Å². The number of ether oxygens (including phenoxy) is 1. The molecule has 1 aromatic carbocycles. The Morgan fingerprint density at radius 1 is 1.19 bits per heavy atom. The van der Waals surface area contributed by atoms with Crippen molar-refractivity contribution in [3.63, 3.8) is 0 Å². The number of hydrogen-bond donors (Lipinski definition) is 1. The van der Waals surface area contributed by atoms with Crippen molar-refractivity contribution in [2.24, 2.45) is 0 Å². The van der Waals surface area contributed by atoms with E-state index in [0.29, 0.717) is 5.75 Å². The van der Waals surface area contributed by atoms with Crippen LogP contribution in [0.1, 0.15) is 11.1 Å². The van der Waals surface area contributed by atoms with Crippen molar-refractivity contribution >= 4 is 11.6 Å². The first-order valence-electron chi connectivity index (χ1n) is 4.80. The molecule has 82 valence electrons. The molecule has 1 aromatic heterocycles. The van der Waals surface area contributed by atoms with Crippen LogP contribution in [-0.2, 0) is 0 Å². The van der Waals surface area contributed by atoms with Crippen LogP contribution in [0, 0.1) is 0 Å². The summed E-state index contributed by atoms with van der Waals surface area (Å²) in [6.45, 7) is 0. The van der Waals surface area contributed by atoms with Gasteiger partial charge in [0.1, 0.15) is 5.75 Å². The minimum absolute atomic E-state index is 0.213. The van der Waals surface area contributed by atoms with Crippen LogP contribution in [0.25, 0.3) is 0 Å². The van der Waals surface area contributed by atoms with Gasteiger partial charge >= 0.3 is 0 Å². The second-order valence-electron chi connectivity index (χ2n) is 3.23. The van der Waals surface area contributed by atoms with Gasteiger partial charge in [0, 0.05) is 17.8 Å². The second-order valence-corrected chi connectivity index (χ2v) is 3.63. The van der Waals surface area contributed by atoms with E-state index in [9.17, 15) is 4.79 Å². The van der Waals surface area contributed by atoms with E-state index >= 15 is 0 Å². The minimum Gasteiger partial charge on any atom is -0.470 e. The van der Waals surface area contributed by atoms with Gasteiger partial charge in [-0.15, -0.1) is 0 Å². The van der Waals surface area contributed by atoms with Gasteiger partial charge < -0.3 is 9.72 Å². The zero-order chi connectivity index (χ0) is 11.4. The summed E-state index contributed by atoms with van der Waals surface area (Å²) in [5.74, 6) is 0.451. The van der Waals surface area contributed by atoms with Crippen molar-refractivity contribution in [2.75, 3.05) is 0 Å². The quantitative estimate of drug-likeness (QED) is 0.832. The van der Waals surface area contributed by atoms with Gasteiger partial charge in [-0.05, 0) is 6.07 Å². The molecule has 1 N–H and O–H groups in total. The van der Waals surface area contributed by atoms with E-state index in [1.54, 1.807) is 6.07 Å². The standard InChI is InChI=1S/C12H10ClNO2/c13-12(9-4-2-1-3-5-9)16-10-6-7-14-11(15)8-10/h1-8,12H,(H,14,15). The maximum absolute atomic E-state index is 11.0. The fourth-order valence-corrected chi connectivity index (χ4v) is 1.54. The lowest BCUT2D eigenvalue weighted by Gasteiger charge is -2.12. The summed E-state index contributed by atoms with van der Waals surface area (Å²) in [5.41, 5.74) is 0.0434. The Bertz CT molecular complexity index is 510. The molecule has 16 heavy (non-hydrogen) atoms. The maximum atomic E-state index is 11.0. The van der Waals surface area contributed by atoms with Crippen molar-refractivity contribution < 1.29 is 4.74 Å². The molecule has 0 aliphatic heterocycles. The van der Waals surface area contributed by atoms with E-state index in [4.69, 9.17) is 16.3 Å². The monoisotopic (exact) mass is 235 g/mol. The van der Waals surface area contributed by atoms with E-state index in [-0.39, 0.29) is 5.56 Å². The van der Waals surface area contributed by atoms with Crippen LogP contribution in [-0.4, -0.2) is 4.98 Å². The lowest BCUT2D eigenvalue weighted by molar-refractivity contribution is 0.287. The van der Waals surface area contributed by atoms with Crippen molar-refractivity contribution in [1.29, 1.82) is 0 Å². The Kier molecular flexibility index (Phi) is 3.27. The topological polar surface area (TPSA) is 42.1 Å². The van der Waals surface area contributed by atoms with E-state index in [1.165, 1.54) is 12.3 Å². The van der Waals surface area contributed by atoms with Gasteiger partial charge in [0.2, 0.25) is 0 Å². The molecule has 1 atom stereocenters. The van der Waals surface area contributed by atoms with Gasteiger partial charge in [-0.25, -0.2) is 0 Å². The number of aromatic nitrogens is 1. The first-order valence-corrected chi connectivity index (χ1v) is 5.24. The average Bonchev–Trinajstić information content (AvgIpc) is 2.30. The highest BCUT2D eigenvalue weighted by Gasteiger charge is 2.08. The van der Waals surface area contributed by atoms with Crippen LogP contribution in [0.3, 0.4) is 0 Å². The van der Waals surface area contributed by atoms with Gasteiger partial charge in [0.05, 0.1) is 0 Å². The molecule has 0 radical (unpaired) electrons. The molecular formula is C12H10ClNO2. The normalized spacial score (nSPS) is 12.1. The number of nitrogens with one attached hydrogen (secondary N) is 1. The number of H-pyrrole nitrogens is 1. The molecule has 2 aromatic rings. The first kappa shape index (κ1) is 10.8. The predicted molar refractivity (Wildman–Crippen MR) is 62.7 cm³/mol. The lowest BCUT2D eigenvalue weighted by Crippen LogP contribution is -2.06. The van der Waals surface area contributed by atoms with Crippen molar-refractivity contribution in [3.8, 4) is 5.75 Å². The van der Waals surface area contributed by atoms with Crippen LogP contribution >= 0.6 is 11.6 Å². The van der Waals surface area contributed by atoms with Gasteiger partial charge in [0.25, 0.3) is 5.56 Å². The van der Waals surface area contributed by atoms with E-state index in [2.05, 4.69) is 4.98 Å². The summed E-state index contributed by atoms with van der Waals surface area (Å²) in [7, 11) is 0. The highest BCUT2D eigenvalue weighted by molar-refractivity contribution is 6.20. The number of rotatable bonds is 3. The number of benzene rings is 1. The van der Waals surface area contributed by atoms with Crippen molar-refractivity contribution in [3.05, 3.63) is 64.6 Å². The lowest BCUT2D eigenvalue weighted by atomic mass is 10.2. The molecule has 0 aliphatic rings. The summed E-state index contributed by atoms with van der Waals surface area (Å²) in [5, 5.41) is 0. The van der Waals surface area contributed by atoms with Crippen LogP contribution in [0.4, 0.5) is 0 Å². The largest absolute Gasteiger partial charge is 0.470 e. The molecule has 3 nitrogen and oxygen atoms in total. The number of alkyl halides is 1. The molecule has 0 amide bonds. The van der Waals surface area contributed by atoms with Gasteiger partial charge in [-0.3, -0.25) is 4.79 Å². The van der Waals surface area contributed by atoms with Crippen LogP contribution in [0.15, 0.2) is 53.5 Å². The highest BCUT2D eigenvalue weighted by atomic mass is 35.5. The third kappa shape index (κ3) is 2.64. The Hall–Kier alpha value is -1.74. The van der Waals surface area contributed by atoms with E-state index in [0.717, 1.165) is 5.56 Å². The number of pyridine rings is 1. The number of hydrogen-bond acceptors (Lipinski definition) is 2. The SMILES string of the molecule is O=c1cc(OC(Cl)c2ccccc2)cc[nH]1. The predicted octanol–water partition coefficient (Wildman–Crippen LogP) is 2.69. The Morgan fingerprint density at radius 2 is 1.94 bits per heavy atom. The molecule has 1 unspecified atom stereocenters. The number of aromatic amines is 1. The molecule has 0 saturated carbocycles. The summed E-state index contributed by atoms with van der Waals surface area (Å²) in [6.07, 6.45) is 1.52. The molecule has 0 saturated heterocycles. The van der Waals surface area contributed by atoms with Crippen LogP contribution < -0.4 is 10.3 Å². The zero-order valence-corrected chi connectivity index (χ0v) is 9.15. The van der Waals surface area contributed by atoms with Gasteiger partial charge in [-0.1, -0.05) is 41.9 Å². The van der Waals surface area contributed by atoms with E-state index < -0.39 is 5.56 Å². The summed E-state index contributed by atoms with van der Waals surface area (Å²) < 4.78 is 5.43. The minimum atomic E-state index is -0.594. The molecule has 0 fully saturated rings. The smallest absolute Gasteiger partial charge is 0.251 e.